The molecule has 0 bridgehead atoms. The lowest BCUT2D eigenvalue weighted by Gasteiger charge is -2.26. The van der Waals surface area contributed by atoms with Gasteiger partial charge >= 0.3 is 0 Å². The fourth-order valence-corrected chi connectivity index (χ4v) is 3.21. The summed E-state index contributed by atoms with van der Waals surface area (Å²) in [7, 11) is 0. The minimum Gasteiger partial charge on any atom is -0.317 e. The molecular formula is C16H20N2O2. The van der Waals surface area contributed by atoms with E-state index in [0.717, 1.165) is 37.1 Å². The van der Waals surface area contributed by atoms with Crippen LogP contribution in [0, 0.1) is 19.8 Å². The minimum atomic E-state index is -0.107. The normalized spacial score (nSPS) is 19.6. The number of nitrogens with one attached hydrogen (secondary N) is 1. The molecule has 2 amide bonds. The Balaban J connectivity index is 1.89. The monoisotopic (exact) mass is 272 g/mol. The molecule has 1 N–H and O–H groups in total. The maximum absolute atomic E-state index is 12.5. The van der Waals surface area contributed by atoms with Crippen molar-refractivity contribution in [2.24, 2.45) is 5.92 Å². The smallest absolute Gasteiger partial charge is 0.261 e. The molecule has 0 aliphatic carbocycles. The molecule has 0 saturated carbocycles. The second-order valence-electron chi connectivity index (χ2n) is 5.86. The van der Waals surface area contributed by atoms with Crippen molar-refractivity contribution in [3.63, 3.8) is 0 Å². The molecule has 2 heterocycles. The van der Waals surface area contributed by atoms with Crippen LogP contribution in [0.1, 0.15) is 44.7 Å². The molecule has 1 saturated heterocycles. The number of amides is 2. The van der Waals surface area contributed by atoms with Crippen LogP contribution in [-0.2, 0) is 0 Å². The van der Waals surface area contributed by atoms with Crippen molar-refractivity contribution < 1.29 is 9.59 Å². The van der Waals surface area contributed by atoms with Gasteiger partial charge in [0.2, 0.25) is 0 Å². The van der Waals surface area contributed by atoms with Crippen LogP contribution in [0.3, 0.4) is 0 Å². The van der Waals surface area contributed by atoms with Crippen LogP contribution >= 0.6 is 0 Å². The minimum absolute atomic E-state index is 0.107. The Kier molecular flexibility index (Phi) is 3.34. The predicted octanol–water partition coefficient (Wildman–Crippen LogP) is 1.90. The standard InChI is InChI=1S/C16H20N2O2/c1-10-3-4-11(2)14-13(10)15(19)18(16(14)20)9-12-5-7-17-8-6-12/h3-4,12,17H,5-9H2,1-2H3. The summed E-state index contributed by atoms with van der Waals surface area (Å²) in [5.74, 6) is 0.216. The second kappa shape index (κ2) is 5.02. The molecule has 0 atom stereocenters. The highest BCUT2D eigenvalue weighted by Crippen LogP contribution is 2.30. The lowest BCUT2D eigenvalue weighted by atomic mass is 9.97. The SMILES string of the molecule is Cc1ccc(C)c2c1C(=O)N(CC1CCNCC1)C2=O. The van der Waals surface area contributed by atoms with Crippen LogP contribution in [0.5, 0.6) is 0 Å². The summed E-state index contributed by atoms with van der Waals surface area (Å²) >= 11 is 0. The number of hydrogen-bond acceptors (Lipinski definition) is 3. The van der Waals surface area contributed by atoms with Crippen molar-refractivity contribution in [3.05, 3.63) is 34.4 Å². The highest BCUT2D eigenvalue weighted by Gasteiger charge is 2.38. The fraction of sp³-hybridized carbons (Fsp3) is 0.500. The van der Waals surface area contributed by atoms with Crippen molar-refractivity contribution in [2.75, 3.05) is 19.6 Å². The lowest BCUT2D eigenvalue weighted by Crippen LogP contribution is -2.39. The van der Waals surface area contributed by atoms with E-state index in [2.05, 4.69) is 5.32 Å². The molecule has 1 fully saturated rings. The van der Waals surface area contributed by atoms with Crippen LogP contribution < -0.4 is 5.32 Å². The highest BCUT2D eigenvalue weighted by atomic mass is 16.2. The zero-order chi connectivity index (χ0) is 14.3. The maximum atomic E-state index is 12.5. The van der Waals surface area contributed by atoms with Crippen LogP contribution in [0.25, 0.3) is 0 Å². The Labute approximate surface area is 119 Å². The molecule has 1 aromatic carbocycles. The molecule has 4 heteroatoms. The number of carbonyl (C=O) groups is 2. The molecule has 20 heavy (non-hydrogen) atoms. The van der Waals surface area contributed by atoms with Crippen LogP contribution in [0.4, 0.5) is 0 Å². The van der Waals surface area contributed by atoms with Gasteiger partial charge in [0.15, 0.2) is 0 Å². The largest absolute Gasteiger partial charge is 0.317 e. The number of rotatable bonds is 2. The third-order valence-corrected chi connectivity index (χ3v) is 4.44. The van der Waals surface area contributed by atoms with Crippen LogP contribution in [0.15, 0.2) is 12.1 Å². The van der Waals surface area contributed by atoms with Crippen LogP contribution in [0.2, 0.25) is 0 Å². The van der Waals surface area contributed by atoms with E-state index in [1.54, 1.807) is 0 Å². The molecule has 1 aromatic rings. The lowest BCUT2D eigenvalue weighted by molar-refractivity contribution is 0.0618. The van der Waals surface area contributed by atoms with Gasteiger partial charge in [0, 0.05) is 6.54 Å². The third kappa shape index (κ3) is 2.04. The summed E-state index contributed by atoms with van der Waals surface area (Å²) in [6.07, 6.45) is 2.07. The molecule has 0 radical (unpaired) electrons. The molecule has 3 rings (SSSR count). The summed E-state index contributed by atoms with van der Waals surface area (Å²) in [6.45, 7) is 6.32. The average Bonchev–Trinajstić information content (AvgIpc) is 2.70. The van der Waals surface area contributed by atoms with Crippen molar-refractivity contribution >= 4 is 11.8 Å². The van der Waals surface area contributed by atoms with Crippen LogP contribution in [-0.4, -0.2) is 36.3 Å². The molecular weight excluding hydrogens is 252 g/mol. The number of nitrogens with zero attached hydrogens (tertiary/aromatic N) is 1. The topological polar surface area (TPSA) is 49.4 Å². The molecule has 0 spiro atoms. The summed E-state index contributed by atoms with van der Waals surface area (Å²) in [6, 6.07) is 3.85. The maximum Gasteiger partial charge on any atom is 0.261 e. The van der Waals surface area contributed by atoms with E-state index in [1.807, 2.05) is 26.0 Å². The average molecular weight is 272 g/mol. The number of piperidine rings is 1. The molecule has 2 aliphatic rings. The van der Waals surface area contributed by atoms with E-state index in [9.17, 15) is 9.59 Å². The number of hydrogen-bond donors (Lipinski definition) is 1. The fourth-order valence-electron chi connectivity index (χ4n) is 3.21. The van der Waals surface area contributed by atoms with Gasteiger partial charge in [-0.2, -0.15) is 0 Å². The quantitative estimate of drug-likeness (QED) is 0.837. The van der Waals surface area contributed by atoms with E-state index in [-0.39, 0.29) is 11.8 Å². The molecule has 2 aliphatic heterocycles. The number of benzene rings is 1. The van der Waals surface area contributed by atoms with Gasteiger partial charge in [0.1, 0.15) is 0 Å². The summed E-state index contributed by atoms with van der Waals surface area (Å²) in [5.41, 5.74) is 3.03. The predicted molar refractivity (Wildman–Crippen MR) is 76.9 cm³/mol. The van der Waals surface area contributed by atoms with Gasteiger partial charge in [-0.15, -0.1) is 0 Å². The van der Waals surface area contributed by atoms with E-state index in [4.69, 9.17) is 0 Å². The van der Waals surface area contributed by atoms with Gasteiger partial charge in [0.25, 0.3) is 11.8 Å². The Morgan fingerprint density at radius 3 is 2.05 bits per heavy atom. The Bertz CT molecular complexity index is 533. The zero-order valence-corrected chi connectivity index (χ0v) is 12.0. The first-order valence-electron chi connectivity index (χ1n) is 7.26. The second-order valence-corrected chi connectivity index (χ2v) is 5.86. The van der Waals surface area contributed by atoms with Gasteiger partial charge in [-0.3, -0.25) is 14.5 Å². The first kappa shape index (κ1) is 13.3. The van der Waals surface area contributed by atoms with E-state index >= 15 is 0 Å². The van der Waals surface area contributed by atoms with Crippen molar-refractivity contribution in [1.82, 2.24) is 10.2 Å². The van der Waals surface area contributed by atoms with Crippen molar-refractivity contribution in [1.29, 1.82) is 0 Å². The van der Waals surface area contributed by atoms with E-state index in [0.29, 0.717) is 23.6 Å². The Morgan fingerprint density at radius 2 is 1.55 bits per heavy atom. The zero-order valence-electron chi connectivity index (χ0n) is 12.0. The van der Waals surface area contributed by atoms with E-state index in [1.165, 1.54) is 4.90 Å². The summed E-state index contributed by atoms with van der Waals surface area (Å²) in [4.78, 5) is 26.5. The van der Waals surface area contributed by atoms with E-state index < -0.39 is 0 Å². The first-order valence-corrected chi connectivity index (χ1v) is 7.26. The van der Waals surface area contributed by atoms with Gasteiger partial charge < -0.3 is 5.32 Å². The first-order chi connectivity index (χ1) is 9.59. The van der Waals surface area contributed by atoms with Gasteiger partial charge in [-0.25, -0.2) is 0 Å². The summed E-state index contributed by atoms with van der Waals surface area (Å²) in [5, 5.41) is 3.31. The van der Waals surface area contributed by atoms with Gasteiger partial charge in [0.05, 0.1) is 11.1 Å². The van der Waals surface area contributed by atoms with Gasteiger partial charge in [-0.1, -0.05) is 12.1 Å². The van der Waals surface area contributed by atoms with Crippen molar-refractivity contribution in [2.45, 2.75) is 26.7 Å². The number of fused-ring (bicyclic) bond motifs is 1. The van der Waals surface area contributed by atoms with Crippen molar-refractivity contribution in [3.8, 4) is 0 Å². The molecule has 0 unspecified atom stereocenters. The Morgan fingerprint density at radius 1 is 1.05 bits per heavy atom. The number of imide groups is 1. The Hall–Kier alpha value is -1.68. The number of carbonyl (C=O) groups excluding carboxylic acids is 2. The third-order valence-electron chi connectivity index (χ3n) is 4.44. The summed E-state index contributed by atoms with van der Waals surface area (Å²) < 4.78 is 0. The number of aryl methyl sites for hydroxylation is 2. The molecule has 106 valence electrons. The highest BCUT2D eigenvalue weighted by molar-refractivity contribution is 6.22. The molecule has 4 nitrogen and oxygen atoms in total. The molecule has 0 aromatic heterocycles. The van der Waals surface area contributed by atoms with Gasteiger partial charge in [-0.05, 0) is 56.8 Å².